The second kappa shape index (κ2) is 24.0. The molecule has 0 saturated heterocycles. The van der Waals surface area contributed by atoms with Crippen LogP contribution in [-0.4, -0.2) is 68.0 Å². The number of nitrogens with zero attached hydrogens (tertiary/aromatic N) is 3. The molecule has 0 fully saturated rings. The van der Waals surface area contributed by atoms with Crippen molar-refractivity contribution < 1.29 is 69.9 Å². The van der Waals surface area contributed by atoms with E-state index in [1.807, 2.05) is 20.8 Å². The van der Waals surface area contributed by atoms with Crippen molar-refractivity contribution in [3.05, 3.63) is 201 Å². The van der Waals surface area contributed by atoms with Crippen LogP contribution in [0.4, 0.5) is 0 Å². The Labute approximate surface area is 528 Å². The summed E-state index contributed by atoms with van der Waals surface area (Å²) in [6, 6.07) is 17.3. The summed E-state index contributed by atoms with van der Waals surface area (Å²) >= 11 is 0. The minimum Gasteiger partial charge on any atom is -0.660 e. The number of carbonyl (C=O) groups excluding carboxylic acids is 4. The van der Waals surface area contributed by atoms with Gasteiger partial charge in [-0.1, -0.05) is 48.5 Å². The number of benzene rings is 4. The fourth-order valence-electron chi connectivity index (χ4n) is 13.2. The zero-order chi connectivity index (χ0) is 64.9. The predicted molar refractivity (Wildman–Crippen MR) is 334 cm³/mol. The SMILES string of the molecule is CC(=O)NS(=O)(=O)c1c(C)cc(C)c(C2=C3C=CC(=N3)C(c3c(C)cc(C)c(S(=O)(=O)NC(C)=O)c3C)=c3ccc([nH]3)=C(c3c(C)cc(C)c(S(=O)(=O)NC(C)=O)c3C)c3ccc([n-]3)C(c3c(C)cc(C)c(S(=O)(=O)NC(C)=O)c3C)c3ccc2[n-]3)c1C.[Mn+2]. The zero-order valence-electron chi connectivity index (χ0n) is 51.8. The minimum absolute atomic E-state index is 0. The second-order valence-electron chi connectivity index (χ2n) is 22.6. The number of aliphatic imine (C=N–C) groups is 1. The number of nitrogens with one attached hydrogen (secondary N) is 5. The summed E-state index contributed by atoms with van der Waals surface area (Å²) in [5, 5.41) is 0.756. The van der Waals surface area contributed by atoms with Gasteiger partial charge in [0.15, 0.2) is 0 Å². The fraction of sp³-hybridized carbons (Fsp3) is 0.266. The fourth-order valence-corrected chi connectivity index (χ4v) is 19.1. The Morgan fingerprint density at radius 2 is 0.742 bits per heavy atom. The normalized spacial score (nSPS) is 14.3. The van der Waals surface area contributed by atoms with Crippen LogP contribution in [0.2, 0.25) is 0 Å². The molecule has 25 heteroatoms. The van der Waals surface area contributed by atoms with Gasteiger partial charge >= 0.3 is 17.1 Å². The summed E-state index contributed by atoms with van der Waals surface area (Å²) in [7, 11) is -18.0. The number of fused-ring (bicyclic) bond motifs is 7. The van der Waals surface area contributed by atoms with Crippen molar-refractivity contribution in [2.75, 3.05) is 0 Å². The van der Waals surface area contributed by atoms with E-state index in [0.717, 1.165) is 27.7 Å². The van der Waals surface area contributed by atoms with E-state index in [0.29, 0.717) is 111 Å². The molecule has 0 spiro atoms. The molecular formula is C64H66MnN8O12S4. The summed E-state index contributed by atoms with van der Waals surface area (Å²) in [6.45, 7) is 24.6. The van der Waals surface area contributed by atoms with E-state index in [-0.39, 0.29) is 76.0 Å². The number of aromatic nitrogens is 3. The summed E-state index contributed by atoms with van der Waals surface area (Å²) in [6.07, 6.45) is 3.45. The van der Waals surface area contributed by atoms with Crippen LogP contribution in [0.1, 0.15) is 145 Å². The van der Waals surface area contributed by atoms with E-state index in [2.05, 4.69) is 23.9 Å². The first-order chi connectivity index (χ1) is 40.9. The Kier molecular flexibility index (Phi) is 18.0. The van der Waals surface area contributed by atoms with Crippen LogP contribution < -0.4 is 39.6 Å². The molecule has 465 valence electrons. The first-order valence-corrected chi connectivity index (χ1v) is 33.6. The van der Waals surface area contributed by atoms with Gasteiger partial charge in [0.1, 0.15) is 0 Å². The van der Waals surface area contributed by atoms with Gasteiger partial charge in [0, 0.05) is 44.0 Å². The van der Waals surface area contributed by atoms with Gasteiger partial charge in [-0.05, 0) is 213 Å². The first kappa shape index (κ1) is 66.8. The van der Waals surface area contributed by atoms with Gasteiger partial charge in [-0.25, -0.2) is 57.6 Å². The third-order valence-corrected chi connectivity index (χ3v) is 22.6. The van der Waals surface area contributed by atoms with E-state index < -0.39 is 69.6 Å². The average Bonchev–Trinajstić information content (AvgIpc) is 1.90. The molecular weight excluding hydrogens is 1260 g/mol. The maximum atomic E-state index is 14.2. The molecule has 2 aliphatic heterocycles. The zero-order valence-corrected chi connectivity index (χ0v) is 56.2. The monoisotopic (exact) mass is 1320 g/mol. The van der Waals surface area contributed by atoms with Gasteiger partial charge in [0.05, 0.1) is 31.0 Å². The smallest absolute Gasteiger partial charge is 0.660 e. The molecule has 3 aromatic heterocycles. The molecule has 4 aromatic carbocycles. The van der Waals surface area contributed by atoms with Crippen molar-refractivity contribution >= 4 is 86.2 Å². The van der Waals surface area contributed by atoms with Crippen LogP contribution in [0.3, 0.4) is 0 Å². The predicted octanol–water partition coefficient (Wildman–Crippen LogP) is 6.34. The number of rotatable bonds is 12. The van der Waals surface area contributed by atoms with Gasteiger partial charge in [-0.2, -0.15) is 0 Å². The third-order valence-electron chi connectivity index (χ3n) is 15.7. The van der Waals surface area contributed by atoms with Crippen molar-refractivity contribution in [2.45, 2.75) is 136 Å². The van der Waals surface area contributed by atoms with Gasteiger partial charge in [-0.3, -0.25) is 19.2 Å². The van der Waals surface area contributed by atoms with Crippen LogP contribution >= 0.6 is 0 Å². The number of carbonyl (C=O) groups is 4. The molecule has 0 saturated carbocycles. The largest absolute Gasteiger partial charge is 2.00 e. The van der Waals surface area contributed by atoms with Crippen LogP contribution in [0.25, 0.3) is 16.7 Å². The molecule has 0 aliphatic carbocycles. The summed E-state index contributed by atoms with van der Waals surface area (Å²) in [4.78, 5) is 69.2. The molecule has 9 rings (SSSR count). The number of amides is 4. The van der Waals surface area contributed by atoms with Crippen molar-refractivity contribution in [1.29, 1.82) is 0 Å². The number of hydrogen-bond acceptors (Lipinski definition) is 13. The van der Waals surface area contributed by atoms with Crippen molar-refractivity contribution in [3.63, 3.8) is 0 Å². The molecule has 89 heavy (non-hydrogen) atoms. The number of allylic oxidation sites excluding steroid dienone is 2. The number of sulfonamides is 4. The number of aryl methyl sites for hydroxylation is 8. The summed E-state index contributed by atoms with van der Waals surface area (Å²) in [5.74, 6) is -4.25. The van der Waals surface area contributed by atoms with Crippen LogP contribution in [0, 0.1) is 83.1 Å². The average molecular weight is 1320 g/mol. The van der Waals surface area contributed by atoms with Crippen LogP contribution in [0.5, 0.6) is 0 Å². The maximum Gasteiger partial charge on any atom is 2.00 e. The van der Waals surface area contributed by atoms with Gasteiger partial charge in [0.25, 0.3) is 40.1 Å². The molecule has 5 N–H and O–H groups in total. The summed E-state index contributed by atoms with van der Waals surface area (Å²) < 4.78 is 122. The summed E-state index contributed by atoms with van der Waals surface area (Å²) in [5.41, 5.74) is 9.43. The van der Waals surface area contributed by atoms with E-state index in [1.54, 1.807) is 135 Å². The quantitative estimate of drug-likeness (QED) is 0.0835. The van der Waals surface area contributed by atoms with Crippen LogP contribution in [0.15, 0.2) is 103 Å². The van der Waals surface area contributed by atoms with Gasteiger partial charge in [0.2, 0.25) is 23.6 Å². The third kappa shape index (κ3) is 12.1. The number of H-pyrrole nitrogens is 1. The number of aromatic amines is 1. The van der Waals surface area contributed by atoms with E-state index in [1.165, 1.54) is 0 Å². The molecule has 8 bridgehead atoms. The van der Waals surface area contributed by atoms with Crippen molar-refractivity contribution in [2.24, 2.45) is 4.99 Å². The molecule has 4 amide bonds. The number of hydrogen-bond donors (Lipinski definition) is 5. The van der Waals surface area contributed by atoms with Crippen molar-refractivity contribution in [3.8, 4) is 0 Å². The second-order valence-corrected chi connectivity index (χ2v) is 29.1. The Morgan fingerprint density at radius 1 is 0.416 bits per heavy atom. The van der Waals surface area contributed by atoms with E-state index in [9.17, 15) is 52.8 Å². The minimum atomic E-state index is -4.49. The van der Waals surface area contributed by atoms with Gasteiger partial charge in [-0.15, -0.1) is 22.8 Å². The first-order valence-electron chi connectivity index (χ1n) is 27.7. The standard InChI is InChI=1S/C64H68N8O12S4.Mn/c1-29-25-33(5)61(85(77,78)69-41(13)73)37(9)53(29)57-45-17-19-47(65-45)58(54-30(2)26-34(6)62(38(54)10)86(79,80)70-42(14)74)49-21-23-51(67-49)60(56-32(4)28-36(8)64(40(56)12)88(83,84)72-44(16)76)52-24-22-50(68-52)59(48-20-18-46(57)66-48)55-31(3)27-35(7)63(39(55)11)87(81,82)71-43(15)75;/h17-28,57H,1-16H3,(H7,65,66,67,68,69,70,71,72,73,74,75,76);/q;+2/p-2. The Bertz CT molecular complexity index is 5030. The maximum absolute atomic E-state index is 14.2. The Morgan fingerprint density at radius 3 is 1.12 bits per heavy atom. The van der Waals surface area contributed by atoms with Crippen molar-refractivity contribution in [1.82, 2.24) is 33.8 Å². The Hall–Kier alpha value is -8.19. The van der Waals surface area contributed by atoms with E-state index in [4.69, 9.17) is 15.0 Å². The molecule has 5 heterocycles. The van der Waals surface area contributed by atoms with Gasteiger partial charge < -0.3 is 15.0 Å². The molecule has 20 nitrogen and oxygen atoms in total. The topological polar surface area (TPSA) is 309 Å². The molecule has 7 aromatic rings. The molecule has 1 unspecified atom stereocenters. The van der Waals surface area contributed by atoms with Crippen LogP contribution in [-0.2, 0) is 76.3 Å². The molecule has 1 radical (unpaired) electrons. The molecule has 2 aliphatic rings. The van der Waals surface area contributed by atoms with E-state index >= 15 is 0 Å². The Balaban J connectivity index is 0.0000102. The molecule has 1 atom stereocenters.